The SMILES string of the molecule is Cc1ccc2nc3sc(C(=O)NCc4ccco4)cc3cc2c1. The number of thiophene rings is 1. The van der Waals surface area contributed by atoms with Gasteiger partial charge in [-0.1, -0.05) is 11.6 Å². The van der Waals surface area contributed by atoms with Gasteiger partial charge < -0.3 is 9.73 Å². The highest BCUT2D eigenvalue weighted by atomic mass is 32.1. The van der Waals surface area contributed by atoms with Gasteiger partial charge in [-0.25, -0.2) is 4.98 Å². The average molecular weight is 322 g/mol. The number of benzene rings is 1. The lowest BCUT2D eigenvalue weighted by atomic mass is 10.1. The molecule has 5 heteroatoms. The Hall–Kier alpha value is -2.66. The lowest BCUT2D eigenvalue weighted by molar-refractivity contribution is 0.0952. The molecule has 1 N–H and O–H groups in total. The quantitative estimate of drug-likeness (QED) is 0.612. The number of nitrogens with zero attached hydrogens (tertiary/aromatic N) is 1. The topological polar surface area (TPSA) is 55.1 Å². The van der Waals surface area contributed by atoms with E-state index in [2.05, 4.69) is 29.4 Å². The maximum Gasteiger partial charge on any atom is 0.261 e. The van der Waals surface area contributed by atoms with Gasteiger partial charge in [-0.3, -0.25) is 4.79 Å². The first kappa shape index (κ1) is 14.0. The molecule has 23 heavy (non-hydrogen) atoms. The number of aryl methyl sites for hydroxylation is 1. The number of hydrogen-bond donors (Lipinski definition) is 1. The molecule has 0 saturated carbocycles. The van der Waals surface area contributed by atoms with Crippen molar-refractivity contribution in [2.24, 2.45) is 0 Å². The normalized spacial score (nSPS) is 11.2. The Labute approximate surface area is 136 Å². The van der Waals surface area contributed by atoms with Gasteiger partial charge in [-0.2, -0.15) is 0 Å². The van der Waals surface area contributed by atoms with E-state index in [0.717, 1.165) is 26.9 Å². The van der Waals surface area contributed by atoms with Gasteiger partial charge >= 0.3 is 0 Å². The third-order valence-corrected chi connectivity index (χ3v) is 4.73. The van der Waals surface area contributed by atoms with Crippen LogP contribution in [0.1, 0.15) is 21.0 Å². The minimum Gasteiger partial charge on any atom is -0.467 e. The van der Waals surface area contributed by atoms with Gasteiger partial charge in [0.05, 0.1) is 23.2 Å². The number of carbonyl (C=O) groups is 1. The number of pyridine rings is 1. The van der Waals surface area contributed by atoms with E-state index in [4.69, 9.17) is 4.42 Å². The maximum atomic E-state index is 12.3. The lowest BCUT2D eigenvalue weighted by Gasteiger charge is -1.99. The molecule has 1 aromatic carbocycles. The zero-order valence-electron chi connectivity index (χ0n) is 12.5. The molecule has 0 spiro atoms. The fraction of sp³-hybridized carbons (Fsp3) is 0.111. The molecule has 4 aromatic rings. The van der Waals surface area contributed by atoms with Gasteiger partial charge in [-0.05, 0) is 43.3 Å². The molecule has 0 radical (unpaired) electrons. The van der Waals surface area contributed by atoms with Crippen LogP contribution in [0.5, 0.6) is 0 Å². The Morgan fingerprint density at radius 2 is 2.13 bits per heavy atom. The van der Waals surface area contributed by atoms with Crippen molar-refractivity contribution in [3.05, 3.63) is 64.9 Å². The second-order valence-electron chi connectivity index (χ2n) is 5.45. The minimum atomic E-state index is -0.107. The fourth-order valence-corrected chi connectivity index (χ4v) is 3.47. The molecule has 0 aliphatic carbocycles. The molecule has 3 heterocycles. The molecule has 0 bridgehead atoms. The molecule has 0 unspecified atom stereocenters. The Kier molecular flexibility index (Phi) is 3.35. The largest absolute Gasteiger partial charge is 0.467 e. The smallest absolute Gasteiger partial charge is 0.261 e. The summed E-state index contributed by atoms with van der Waals surface area (Å²) in [5.74, 6) is 0.628. The van der Waals surface area contributed by atoms with Gasteiger partial charge in [0.25, 0.3) is 5.91 Å². The van der Waals surface area contributed by atoms with Gasteiger partial charge in [0.1, 0.15) is 10.6 Å². The third kappa shape index (κ3) is 2.71. The Bertz CT molecular complexity index is 1000. The molecule has 0 atom stereocenters. The Morgan fingerprint density at radius 1 is 1.22 bits per heavy atom. The highest BCUT2D eigenvalue weighted by Crippen LogP contribution is 2.27. The molecule has 0 aliphatic heterocycles. The van der Waals surface area contributed by atoms with Crippen molar-refractivity contribution in [3.63, 3.8) is 0 Å². The molecule has 0 aliphatic rings. The second-order valence-corrected chi connectivity index (χ2v) is 6.48. The zero-order chi connectivity index (χ0) is 15.8. The number of fused-ring (bicyclic) bond motifs is 2. The number of aromatic nitrogens is 1. The van der Waals surface area contributed by atoms with Gasteiger partial charge in [0.2, 0.25) is 0 Å². The zero-order valence-corrected chi connectivity index (χ0v) is 13.3. The average Bonchev–Trinajstić information content (AvgIpc) is 3.19. The predicted molar refractivity (Wildman–Crippen MR) is 91.7 cm³/mol. The number of furan rings is 1. The fourth-order valence-electron chi connectivity index (χ4n) is 2.53. The summed E-state index contributed by atoms with van der Waals surface area (Å²) in [6, 6.07) is 13.8. The summed E-state index contributed by atoms with van der Waals surface area (Å²) in [5, 5.41) is 4.95. The van der Waals surface area contributed by atoms with E-state index in [0.29, 0.717) is 11.4 Å². The summed E-state index contributed by atoms with van der Waals surface area (Å²) in [4.78, 5) is 18.5. The van der Waals surface area contributed by atoms with Crippen LogP contribution in [0.25, 0.3) is 21.1 Å². The van der Waals surface area contributed by atoms with Crippen molar-refractivity contribution in [3.8, 4) is 0 Å². The number of carbonyl (C=O) groups excluding carboxylic acids is 1. The first-order chi connectivity index (χ1) is 11.2. The van der Waals surface area contributed by atoms with Crippen LogP contribution < -0.4 is 5.32 Å². The molecule has 4 nitrogen and oxygen atoms in total. The van der Waals surface area contributed by atoms with Crippen molar-refractivity contribution in [2.75, 3.05) is 0 Å². The highest BCUT2D eigenvalue weighted by molar-refractivity contribution is 7.20. The van der Waals surface area contributed by atoms with Crippen LogP contribution in [-0.2, 0) is 6.54 Å². The van der Waals surface area contributed by atoms with Gasteiger partial charge in [0.15, 0.2) is 0 Å². The van der Waals surface area contributed by atoms with E-state index < -0.39 is 0 Å². The minimum absolute atomic E-state index is 0.107. The summed E-state index contributed by atoms with van der Waals surface area (Å²) in [5.41, 5.74) is 2.15. The van der Waals surface area contributed by atoms with Crippen LogP contribution in [0.3, 0.4) is 0 Å². The Balaban J connectivity index is 1.65. The molecular formula is C18H14N2O2S. The van der Waals surface area contributed by atoms with Crippen LogP contribution in [0.4, 0.5) is 0 Å². The van der Waals surface area contributed by atoms with E-state index in [9.17, 15) is 4.79 Å². The number of nitrogens with one attached hydrogen (secondary N) is 1. The van der Waals surface area contributed by atoms with Crippen molar-refractivity contribution >= 4 is 38.4 Å². The first-order valence-electron chi connectivity index (χ1n) is 7.30. The van der Waals surface area contributed by atoms with Crippen LogP contribution in [-0.4, -0.2) is 10.9 Å². The van der Waals surface area contributed by atoms with Crippen LogP contribution in [0.15, 0.2) is 53.1 Å². The third-order valence-electron chi connectivity index (χ3n) is 3.68. The summed E-state index contributed by atoms with van der Waals surface area (Å²) in [7, 11) is 0. The van der Waals surface area contributed by atoms with Gasteiger partial charge in [0, 0.05) is 10.8 Å². The summed E-state index contributed by atoms with van der Waals surface area (Å²) < 4.78 is 5.22. The van der Waals surface area contributed by atoms with E-state index in [1.807, 2.05) is 24.3 Å². The number of hydrogen-bond acceptors (Lipinski definition) is 4. The molecule has 0 saturated heterocycles. The van der Waals surface area contributed by atoms with E-state index in [1.165, 1.54) is 16.9 Å². The summed E-state index contributed by atoms with van der Waals surface area (Å²) in [6.45, 7) is 2.44. The van der Waals surface area contributed by atoms with E-state index in [-0.39, 0.29) is 5.91 Å². The van der Waals surface area contributed by atoms with Crippen molar-refractivity contribution in [1.82, 2.24) is 10.3 Å². The first-order valence-corrected chi connectivity index (χ1v) is 8.12. The molecule has 1 amide bonds. The van der Waals surface area contributed by atoms with Crippen molar-refractivity contribution < 1.29 is 9.21 Å². The highest BCUT2D eigenvalue weighted by Gasteiger charge is 2.12. The summed E-state index contributed by atoms with van der Waals surface area (Å²) >= 11 is 1.41. The lowest BCUT2D eigenvalue weighted by Crippen LogP contribution is -2.21. The number of amides is 1. The molecule has 0 fully saturated rings. The van der Waals surface area contributed by atoms with Crippen LogP contribution in [0.2, 0.25) is 0 Å². The van der Waals surface area contributed by atoms with Crippen LogP contribution in [0, 0.1) is 6.92 Å². The number of rotatable bonds is 3. The molecular weight excluding hydrogens is 308 g/mol. The predicted octanol–water partition coefficient (Wildman–Crippen LogP) is 4.28. The standard InChI is InChI=1S/C18H14N2O2S/c1-11-4-5-15-12(7-11)8-13-9-16(23-18(13)20-15)17(21)19-10-14-3-2-6-22-14/h2-9H,10H2,1H3,(H,19,21). The summed E-state index contributed by atoms with van der Waals surface area (Å²) in [6.07, 6.45) is 1.60. The van der Waals surface area contributed by atoms with Crippen LogP contribution >= 0.6 is 11.3 Å². The monoisotopic (exact) mass is 322 g/mol. The maximum absolute atomic E-state index is 12.3. The van der Waals surface area contributed by atoms with Crippen molar-refractivity contribution in [1.29, 1.82) is 0 Å². The van der Waals surface area contributed by atoms with Gasteiger partial charge in [-0.15, -0.1) is 11.3 Å². The molecule has 4 rings (SSSR count). The molecule has 3 aromatic heterocycles. The molecule has 114 valence electrons. The van der Waals surface area contributed by atoms with E-state index in [1.54, 1.807) is 12.3 Å². The Morgan fingerprint density at radius 3 is 2.96 bits per heavy atom. The second kappa shape index (κ2) is 5.52. The van der Waals surface area contributed by atoms with Crippen molar-refractivity contribution in [2.45, 2.75) is 13.5 Å². The van der Waals surface area contributed by atoms with E-state index >= 15 is 0 Å².